The molecule has 0 saturated carbocycles. The summed E-state index contributed by atoms with van der Waals surface area (Å²) < 4.78 is 14.1. The van der Waals surface area contributed by atoms with Gasteiger partial charge in [-0.05, 0) is 48.6 Å². The van der Waals surface area contributed by atoms with E-state index in [1.54, 1.807) is 18.5 Å². The van der Waals surface area contributed by atoms with E-state index < -0.39 is 5.97 Å². The van der Waals surface area contributed by atoms with Gasteiger partial charge in [-0.3, -0.25) is 4.98 Å². The molecule has 1 aliphatic carbocycles. The summed E-state index contributed by atoms with van der Waals surface area (Å²) >= 11 is 0. The largest absolute Gasteiger partial charge is 0.368 e. The van der Waals surface area contributed by atoms with Gasteiger partial charge in [0.25, 0.3) is 0 Å². The first-order valence-corrected chi connectivity index (χ1v) is 9.50. The molecule has 1 aliphatic rings. The monoisotopic (exact) mass is 405 g/mol. The van der Waals surface area contributed by atoms with Crippen molar-refractivity contribution >= 4 is 17.6 Å². The van der Waals surface area contributed by atoms with Gasteiger partial charge >= 0.3 is 5.97 Å². The van der Waals surface area contributed by atoms with Crippen molar-refractivity contribution in [3.05, 3.63) is 71.1 Å². The van der Waals surface area contributed by atoms with E-state index in [9.17, 15) is 9.18 Å². The predicted molar refractivity (Wildman–Crippen MR) is 110 cm³/mol. The van der Waals surface area contributed by atoms with Crippen LogP contribution < -0.4 is 5.73 Å². The third-order valence-electron chi connectivity index (χ3n) is 5.06. The third kappa shape index (κ3) is 3.89. The molecule has 0 amide bonds. The van der Waals surface area contributed by atoms with Crippen molar-refractivity contribution in [1.29, 1.82) is 0 Å². The molecule has 1 aromatic carbocycles. The van der Waals surface area contributed by atoms with E-state index >= 15 is 0 Å². The molecule has 8 heteroatoms. The van der Waals surface area contributed by atoms with Crippen LogP contribution in [0.1, 0.15) is 41.8 Å². The van der Waals surface area contributed by atoms with Crippen molar-refractivity contribution < 1.29 is 14.0 Å². The zero-order valence-electron chi connectivity index (χ0n) is 16.6. The second kappa shape index (κ2) is 7.98. The highest BCUT2D eigenvalue weighted by Crippen LogP contribution is 2.38. The predicted octanol–water partition coefficient (Wildman–Crippen LogP) is 3.57. The van der Waals surface area contributed by atoms with Gasteiger partial charge in [-0.15, -0.1) is 0 Å². The summed E-state index contributed by atoms with van der Waals surface area (Å²) in [5, 5.41) is 4.07. The van der Waals surface area contributed by atoms with Crippen LogP contribution in [0.3, 0.4) is 0 Å². The number of aryl methyl sites for hydroxylation is 1. The Kier molecular flexibility index (Phi) is 5.22. The molecular formula is C22H20FN5O2. The topological polar surface area (TPSA) is 103 Å². The number of oxime groups is 1. The fourth-order valence-electron chi connectivity index (χ4n) is 3.90. The fourth-order valence-corrected chi connectivity index (χ4v) is 3.90. The fraction of sp³-hybridized carbons (Fsp3) is 0.227. The van der Waals surface area contributed by atoms with Gasteiger partial charge in [0.05, 0.1) is 17.1 Å². The highest BCUT2D eigenvalue weighted by Gasteiger charge is 2.30. The van der Waals surface area contributed by atoms with Gasteiger partial charge in [0.15, 0.2) is 0 Å². The summed E-state index contributed by atoms with van der Waals surface area (Å²) in [4.78, 5) is 29.1. The number of carbonyl (C=O) groups excluding carboxylic acids is 1. The van der Waals surface area contributed by atoms with E-state index in [4.69, 9.17) is 10.6 Å². The summed E-state index contributed by atoms with van der Waals surface area (Å²) in [5.41, 5.74) is 11.1. The third-order valence-corrected chi connectivity index (χ3v) is 5.06. The van der Waals surface area contributed by atoms with Gasteiger partial charge in [-0.1, -0.05) is 17.3 Å². The van der Waals surface area contributed by atoms with Crippen LogP contribution in [0, 0.1) is 12.7 Å². The average molecular weight is 405 g/mol. The number of anilines is 1. The Morgan fingerprint density at radius 2 is 2.10 bits per heavy atom. The van der Waals surface area contributed by atoms with Gasteiger partial charge in [0, 0.05) is 36.9 Å². The highest BCUT2D eigenvalue weighted by molar-refractivity contribution is 6.04. The van der Waals surface area contributed by atoms with Crippen molar-refractivity contribution in [2.45, 2.75) is 32.6 Å². The SMILES string of the molecule is CC(=O)O/N=C1\CC(c2ccc(F)cc2-c2cccnc2)Cc2nc(N)nc(C)c21. The minimum absolute atomic E-state index is 0.0729. The number of hydrogen-bond acceptors (Lipinski definition) is 7. The summed E-state index contributed by atoms with van der Waals surface area (Å²) in [6, 6.07) is 8.41. The molecule has 7 nitrogen and oxygen atoms in total. The quantitative estimate of drug-likeness (QED) is 0.528. The molecule has 30 heavy (non-hydrogen) atoms. The van der Waals surface area contributed by atoms with Gasteiger partial charge < -0.3 is 10.6 Å². The first-order valence-electron chi connectivity index (χ1n) is 9.50. The maximum Gasteiger partial charge on any atom is 0.331 e. The van der Waals surface area contributed by atoms with Crippen LogP contribution in [0.25, 0.3) is 11.1 Å². The van der Waals surface area contributed by atoms with Crippen LogP contribution >= 0.6 is 0 Å². The number of rotatable bonds is 3. The molecule has 0 radical (unpaired) electrons. The van der Waals surface area contributed by atoms with E-state index in [2.05, 4.69) is 20.1 Å². The van der Waals surface area contributed by atoms with Crippen molar-refractivity contribution in [1.82, 2.24) is 15.0 Å². The van der Waals surface area contributed by atoms with Crippen LogP contribution in [0.5, 0.6) is 0 Å². The van der Waals surface area contributed by atoms with E-state index in [-0.39, 0.29) is 17.7 Å². The van der Waals surface area contributed by atoms with Crippen molar-refractivity contribution in [2.24, 2.45) is 5.16 Å². The van der Waals surface area contributed by atoms with Gasteiger partial charge in [0.1, 0.15) is 5.82 Å². The van der Waals surface area contributed by atoms with Crippen molar-refractivity contribution in [3.8, 4) is 11.1 Å². The second-order valence-electron chi connectivity index (χ2n) is 7.19. The van der Waals surface area contributed by atoms with Gasteiger partial charge in [-0.2, -0.15) is 0 Å². The maximum atomic E-state index is 14.1. The molecule has 2 N–H and O–H groups in total. The lowest BCUT2D eigenvalue weighted by molar-refractivity contribution is -0.140. The molecule has 1 unspecified atom stereocenters. The number of aromatic nitrogens is 3. The molecule has 152 valence electrons. The second-order valence-corrected chi connectivity index (χ2v) is 7.19. The summed E-state index contributed by atoms with van der Waals surface area (Å²) in [7, 11) is 0. The number of nitrogen functional groups attached to an aromatic ring is 1. The number of nitrogens with zero attached hydrogens (tertiary/aromatic N) is 4. The number of pyridine rings is 1. The molecule has 3 aromatic rings. The number of halogens is 1. The normalized spacial score (nSPS) is 16.9. The number of nitrogens with two attached hydrogens (primary N) is 1. The minimum Gasteiger partial charge on any atom is -0.368 e. The zero-order valence-corrected chi connectivity index (χ0v) is 16.6. The molecule has 0 saturated heterocycles. The lowest BCUT2D eigenvalue weighted by atomic mass is 9.78. The average Bonchev–Trinajstić information content (AvgIpc) is 2.72. The first kappa shape index (κ1) is 19.6. The van der Waals surface area contributed by atoms with E-state index in [1.807, 2.05) is 19.1 Å². The standard InChI is InChI=1S/C22H20FN5O2/c1-12-21-19(27-22(24)26-12)8-15(9-20(21)28-30-13(2)29)17-6-5-16(23)10-18(17)14-4-3-7-25-11-14/h3-7,10-11,15H,8-9H2,1-2H3,(H2,24,26,27)/b28-20+. The molecule has 0 fully saturated rings. The van der Waals surface area contributed by atoms with Crippen LogP contribution in [0.2, 0.25) is 0 Å². The molecule has 4 rings (SSSR count). The maximum absolute atomic E-state index is 14.1. The van der Waals surface area contributed by atoms with Gasteiger partial charge in [0.2, 0.25) is 5.95 Å². The highest BCUT2D eigenvalue weighted by atomic mass is 19.1. The van der Waals surface area contributed by atoms with Crippen LogP contribution in [-0.4, -0.2) is 26.6 Å². The van der Waals surface area contributed by atoms with Crippen LogP contribution in [0.15, 0.2) is 47.9 Å². The molecule has 0 aliphatic heterocycles. The Balaban J connectivity index is 1.83. The van der Waals surface area contributed by atoms with E-state index in [0.717, 1.165) is 27.9 Å². The number of fused-ring (bicyclic) bond motifs is 1. The lowest BCUT2D eigenvalue weighted by Crippen LogP contribution is -2.24. The van der Waals surface area contributed by atoms with Crippen molar-refractivity contribution in [3.63, 3.8) is 0 Å². The Morgan fingerprint density at radius 1 is 1.27 bits per heavy atom. The Labute approximate surface area is 172 Å². The lowest BCUT2D eigenvalue weighted by Gasteiger charge is -2.27. The molecule has 0 spiro atoms. The van der Waals surface area contributed by atoms with Crippen molar-refractivity contribution in [2.75, 3.05) is 5.73 Å². The molecule has 0 bridgehead atoms. The number of carbonyl (C=O) groups is 1. The molecule has 2 aromatic heterocycles. The number of hydrogen-bond donors (Lipinski definition) is 1. The zero-order chi connectivity index (χ0) is 21.3. The Bertz CT molecular complexity index is 1150. The summed E-state index contributed by atoms with van der Waals surface area (Å²) in [6.45, 7) is 3.11. The number of benzene rings is 1. The van der Waals surface area contributed by atoms with Crippen LogP contribution in [0.4, 0.5) is 10.3 Å². The molecule has 2 heterocycles. The minimum atomic E-state index is -0.516. The summed E-state index contributed by atoms with van der Waals surface area (Å²) in [5.74, 6) is -0.746. The van der Waals surface area contributed by atoms with Crippen LogP contribution in [-0.2, 0) is 16.1 Å². The van der Waals surface area contributed by atoms with Gasteiger partial charge in [-0.25, -0.2) is 19.2 Å². The van der Waals surface area contributed by atoms with E-state index in [1.165, 1.54) is 19.1 Å². The smallest absolute Gasteiger partial charge is 0.331 e. The Hall–Kier alpha value is -3.68. The Morgan fingerprint density at radius 3 is 2.83 bits per heavy atom. The first-order chi connectivity index (χ1) is 14.4. The summed E-state index contributed by atoms with van der Waals surface area (Å²) in [6.07, 6.45) is 4.42. The van der Waals surface area contributed by atoms with E-state index in [0.29, 0.717) is 24.2 Å². The molecular weight excluding hydrogens is 385 g/mol. The molecule has 1 atom stereocenters.